The molecule has 196 valence electrons. The maximum atomic E-state index is 13.2. The van der Waals surface area contributed by atoms with Crippen LogP contribution < -0.4 is 21.7 Å². The van der Waals surface area contributed by atoms with Gasteiger partial charge in [-0.3, -0.25) is 29.9 Å². The lowest BCUT2D eigenvalue weighted by Crippen LogP contribution is -2.68. The first-order chi connectivity index (χ1) is 17.4. The maximum absolute atomic E-state index is 13.2. The van der Waals surface area contributed by atoms with Crippen molar-refractivity contribution in [1.29, 1.82) is 0 Å². The molecule has 3 fully saturated rings. The minimum Gasteiger partial charge on any atom is -0.357 e. The summed E-state index contributed by atoms with van der Waals surface area (Å²) in [6.45, 7) is 3.61. The monoisotopic (exact) mass is 626 g/mol. The lowest BCUT2D eigenvalue weighted by molar-refractivity contribution is -0.136. The quantitative estimate of drug-likeness (QED) is 0.198. The second-order valence-corrected chi connectivity index (χ2v) is 12.4. The fourth-order valence-electron chi connectivity index (χ4n) is 5.80. The molecule has 5 rings (SSSR count). The Morgan fingerprint density at radius 1 is 1.19 bits per heavy atom. The van der Waals surface area contributed by atoms with E-state index in [4.69, 9.17) is 5.73 Å². The Bertz CT molecular complexity index is 1040. The third-order valence-corrected chi connectivity index (χ3v) is 10.5. The average molecular weight is 627 g/mol. The summed E-state index contributed by atoms with van der Waals surface area (Å²) < 4.78 is 0.982. The Labute approximate surface area is 230 Å². The number of nitrogens with one attached hydrogen (secondary N) is 3. The van der Waals surface area contributed by atoms with Gasteiger partial charge in [-0.15, -0.1) is 11.8 Å². The number of amides is 3. The van der Waals surface area contributed by atoms with Crippen LogP contribution in [0.2, 0.25) is 0 Å². The molecule has 3 amide bonds. The number of carbonyl (C=O) groups is 3. The molecular formula is C25H35IN6O3S. The molecule has 0 saturated carbocycles. The number of imide groups is 1. The lowest BCUT2D eigenvalue weighted by atomic mass is 9.99. The third-order valence-electron chi connectivity index (χ3n) is 7.79. The summed E-state index contributed by atoms with van der Waals surface area (Å²) in [5.41, 5.74) is 9.08. The van der Waals surface area contributed by atoms with Gasteiger partial charge in [-0.25, -0.2) is 0 Å². The molecule has 1 aromatic carbocycles. The largest absolute Gasteiger partial charge is 0.357 e. The Morgan fingerprint density at radius 3 is 2.81 bits per heavy atom. The van der Waals surface area contributed by atoms with Crippen LogP contribution in [0.25, 0.3) is 0 Å². The topological polar surface area (TPSA) is 120 Å². The van der Waals surface area contributed by atoms with Crippen molar-refractivity contribution in [2.45, 2.75) is 82.3 Å². The normalized spacial score (nSPS) is 30.4. The number of nitrogens with two attached hydrogens (primary N) is 1. The van der Waals surface area contributed by atoms with Crippen LogP contribution in [0.4, 0.5) is 5.69 Å². The SMILES string of the molecule is CCCCCCN1C(Nc2ccc3c(c2I)CN(C2CCC(=O)NC2=O)C3=O)NC(N)C2CCSC21. The second-order valence-electron chi connectivity index (χ2n) is 10.1. The van der Waals surface area contributed by atoms with E-state index in [0.29, 0.717) is 29.8 Å². The molecule has 5 atom stereocenters. The molecule has 9 nitrogen and oxygen atoms in total. The molecule has 4 heterocycles. The average Bonchev–Trinajstić information content (AvgIpc) is 3.46. The Kier molecular flexibility index (Phi) is 8.11. The van der Waals surface area contributed by atoms with Gasteiger partial charge in [0.15, 0.2) is 0 Å². The van der Waals surface area contributed by atoms with Crippen molar-refractivity contribution in [2.24, 2.45) is 11.7 Å². The van der Waals surface area contributed by atoms with Gasteiger partial charge in [0.05, 0.1) is 17.2 Å². The van der Waals surface area contributed by atoms with Gasteiger partial charge in [-0.1, -0.05) is 26.2 Å². The van der Waals surface area contributed by atoms with Gasteiger partial charge in [0.1, 0.15) is 12.3 Å². The number of nitrogens with zero attached hydrogens (tertiary/aromatic N) is 2. The number of fused-ring (bicyclic) bond motifs is 2. The number of halogens is 1. The third kappa shape index (κ3) is 5.01. The van der Waals surface area contributed by atoms with Gasteiger partial charge in [-0.2, -0.15) is 0 Å². The minimum atomic E-state index is -0.609. The van der Waals surface area contributed by atoms with Crippen LogP contribution in [0, 0.1) is 9.49 Å². The molecule has 1 aromatic rings. The van der Waals surface area contributed by atoms with Crippen molar-refractivity contribution in [3.8, 4) is 0 Å². The first-order valence-corrected chi connectivity index (χ1v) is 15.1. The molecular weight excluding hydrogens is 591 g/mol. The Balaban J connectivity index is 1.34. The first kappa shape index (κ1) is 26.2. The minimum absolute atomic E-state index is 0.0638. The van der Waals surface area contributed by atoms with E-state index in [-0.39, 0.29) is 36.6 Å². The number of anilines is 1. The van der Waals surface area contributed by atoms with Crippen LogP contribution in [0.15, 0.2) is 12.1 Å². The van der Waals surface area contributed by atoms with Crippen LogP contribution in [0.1, 0.15) is 67.8 Å². The number of piperidine rings is 1. The molecule has 36 heavy (non-hydrogen) atoms. The van der Waals surface area contributed by atoms with Gasteiger partial charge in [0, 0.05) is 34.6 Å². The van der Waals surface area contributed by atoms with Crippen molar-refractivity contribution < 1.29 is 14.4 Å². The van der Waals surface area contributed by atoms with E-state index in [1.807, 2.05) is 23.9 Å². The molecule has 4 aliphatic heterocycles. The van der Waals surface area contributed by atoms with Crippen molar-refractivity contribution >= 4 is 57.8 Å². The van der Waals surface area contributed by atoms with E-state index < -0.39 is 6.04 Å². The summed E-state index contributed by atoms with van der Waals surface area (Å²) in [7, 11) is 0. The summed E-state index contributed by atoms with van der Waals surface area (Å²) in [4.78, 5) is 41.3. The van der Waals surface area contributed by atoms with Crippen LogP contribution >= 0.6 is 34.4 Å². The van der Waals surface area contributed by atoms with Gasteiger partial charge >= 0.3 is 0 Å². The fourth-order valence-corrected chi connectivity index (χ4v) is 8.22. The van der Waals surface area contributed by atoms with Gasteiger partial charge in [0.25, 0.3) is 5.91 Å². The van der Waals surface area contributed by atoms with E-state index in [1.165, 1.54) is 19.3 Å². The number of rotatable bonds is 8. The maximum Gasteiger partial charge on any atom is 0.255 e. The highest BCUT2D eigenvalue weighted by Gasteiger charge is 2.45. The Morgan fingerprint density at radius 2 is 2.03 bits per heavy atom. The van der Waals surface area contributed by atoms with Crippen LogP contribution in [0.5, 0.6) is 0 Å². The number of benzene rings is 1. The molecule has 0 aliphatic carbocycles. The van der Waals surface area contributed by atoms with Gasteiger partial charge in [0.2, 0.25) is 11.8 Å². The second kappa shape index (κ2) is 11.1. The summed E-state index contributed by atoms with van der Waals surface area (Å²) in [6, 6.07) is 3.21. The van der Waals surface area contributed by atoms with Gasteiger partial charge in [-0.05, 0) is 65.3 Å². The molecule has 0 aromatic heterocycles. The smallest absolute Gasteiger partial charge is 0.255 e. The van der Waals surface area contributed by atoms with Crippen molar-refractivity contribution in [3.63, 3.8) is 0 Å². The number of thioether (sulfide) groups is 1. The predicted octanol–water partition coefficient (Wildman–Crippen LogP) is 2.60. The summed E-state index contributed by atoms with van der Waals surface area (Å²) in [5, 5.41) is 10.1. The Hall–Kier alpha value is -1.41. The lowest BCUT2D eigenvalue weighted by Gasteiger charge is -2.47. The van der Waals surface area contributed by atoms with E-state index >= 15 is 0 Å². The standard InChI is InChI=1S/C25H35IN6O3S/c1-2-3-4-5-11-31-24-15(10-12-36-24)21(27)30-25(31)28-17-7-6-14-16(20(17)26)13-32(23(14)35)18-8-9-19(33)29-22(18)34/h6-7,15,18,21,24-25,28,30H,2-5,8-13,27H2,1H3,(H,29,33,34). The molecule has 0 bridgehead atoms. The number of unbranched alkanes of at least 4 members (excludes halogenated alkanes) is 3. The molecule has 5 N–H and O–H groups in total. The van der Waals surface area contributed by atoms with Crippen molar-refractivity contribution in [3.05, 3.63) is 26.8 Å². The highest BCUT2D eigenvalue weighted by atomic mass is 127. The zero-order chi connectivity index (χ0) is 25.4. The molecule has 5 unspecified atom stereocenters. The van der Waals surface area contributed by atoms with Crippen LogP contribution in [0.3, 0.4) is 0 Å². The molecule has 11 heteroatoms. The zero-order valence-electron chi connectivity index (χ0n) is 20.6. The number of carbonyl (C=O) groups excluding carboxylic acids is 3. The van der Waals surface area contributed by atoms with E-state index in [1.54, 1.807) is 4.90 Å². The van der Waals surface area contributed by atoms with Crippen LogP contribution in [-0.2, 0) is 16.1 Å². The molecule has 3 saturated heterocycles. The molecule has 4 aliphatic rings. The van der Waals surface area contributed by atoms with E-state index in [2.05, 4.69) is 50.4 Å². The van der Waals surface area contributed by atoms with E-state index in [0.717, 1.165) is 40.0 Å². The van der Waals surface area contributed by atoms with E-state index in [9.17, 15) is 14.4 Å². The summed E-state index contributed by atoms with van der Waals surface area (Å²) in [6.07, 6.45) is 6.44. The fraction of sp³-hybridized carbons (Fsp3) is 0.640. The number of hydrogen-bond acceptors (Lipinski definition) is 8. The summed E-state index contributed by atoms with van der Waals surface area (Å²) >= 11 is 4.31. The number of hydrogen-bond donors (Lipinski definition) is 4. The first-order valence-electron chi connectivity index (χ1n) is 13.0. The molecule has 0 radical (unpaired) electrons. The zero-order valence-corrected chi connectivity index (χ0v) is 23.6. The van der Waals surface area contributed by atoms with Gasteiger partial charge < -0.3 is 16.0 Å². The predicted molar refractivity (Wildman–Crippen MR) is 149 cm³/mol. The van der Waals surface area contributed by atoms with Crippen molar-refractivity contribution in [1.82, 2.24) is 20.4 Å². The van der Waals surface area contributed by atoms with Crippen molar-refractivity contribution in [2.75, 3.05) is 17.6 Å². The molecule has 0 spiro atoms. The highest BCUT2D eigenvalue weighted by Crippen LogP contribution is 2.40. The van der Waals surface area contributed by atoms with Crippen LogP contribution in [-0.4, -0.2) is 63.7 Å². The highest BCUT2D eigenvalue weighted by molar-refractivity contribution is 14.1. The summed E-state index contributed by atoms with van der Waals surface area (Å²) in [5.74, 6) is 0.769.